The summed E-state index contributed by atoms with van der Waals surface area (Å²) in [5.41, 5.74) is 7.59. The van der Waals surface area contributed by atoms with Gasteiger partial charge in [-0.2, -0.15) is 4.98 Å². The number of methoxy groups -OCH3 is 1. The fraction of sp³-hybridized carbons (Fsp3) is 0.312. The normalized spacial score (nSPS) is 11.2. The molecule has 2 rings (SSSR count). The van der Waals surface area contributed by atoms with Crippen LogP contribution in [-0.2, 0) is 5.41 Å². The molecule has 2 aromatic rings. The molecule has 0 aliphatic rings. The summed E-state index contributed by atoms with van der Waals surface area (Å²) in [5.74, 6) is 1.56. The van der Waals surface area contributed by atoms with Crippen molar-refractivity contribution in [3.05, 3.63) is 42.0 Å². The van der Waals surface area contributed by atoms with Gasteiger partial charge in [-0.05, 0) is 29.2 Å². The van der Waals surface area contributed by atoms with Crippen LogP contribution in [0.1, 0.15) is 26.3 Å². The first-order chi connectivity index (χ1) is 9.40. The van der Waals surface area contributed by atoms with E-state index < -0.39 is 0 Å². The number of pyridine rings is 1. The molecule has 0 spiro atoms. The van der Waals surface area contributed by atoms with Crippen molar-refractivity contribution in [1.82, 2.24) is 4.98 Å². The second kappa shape index (κ2) is 5.41. The smallest absolute Gasteiger partial charge is 0.240 e. The number of aromatic nitrogens is 1. The molecule has 20 heavy (non-hydrogen) atoms. The van der Waals surface area contributed by atoms with E-state index >= 15 is 0 Å². The molecule has 0 radical (unpaired) electrons. The fourth-order valence-corrected chi connectivity index (χ4v) is 1.80. The first kappa shape index (κ1) is 14.2. The minimum absolute atomic E-state index is 0.126. The zero-order chi connectivity index (χ0) is 14.8. The minimum Gasteiger partial charge on any atom is -0.479 e. The first-order valence-corrected chi connectivity index (χ1v) is 6.49. The molecule has 0 amide bonds. The lowest BCUT2D eigenvalue weighted by atomic mass is 9.87. The Balaban J connectivity index is 2.18. The van der Waals surface area contributed by atoms with E-state index in [1.54, 1.807) is 12.1 Å². The van der Waals surface area contributed by atoms with Crippen LogP contribution in [0.25, 0.3) is 0 Å². The maximum Gasteiger partial charge on any atom is 0.240 e. The molecule has 106 valence electrons. The number of anilines is 1. The van der Waals surface area contributed by atoms with Crippen LogP contribution in [0.3, 0.4) is 0 Å². The van der Waals surface area contributed by atoms with Crippen molar-refractivity contribution in [3.8, 4) is 17.5 Å². The van der Waals surface area contributed by atoms with Crippen LogP contribution < -0.4 is 15.2 Å². The van der Waals surface area contributed by atoms with Crippen molar-refractivity contribution in [1.29, 1.82) is 0 Å². The van der Waals surface area contributed by atoms with Crippen LogP contribution in [0.4, 0.5) is 5.69 Å². The molecular formula is C16H20N2O2. The van der Waals surface area contributed by atoms with Crippen molar-refractivity contribution >= 4 is 5.69 Å². The van der Waals surface area contributed by atoms with Crippen LogP contribution in [0.15, 0.2) is 36.4 Å². The highest BCUT2D eigenvalue weighted by atomic mass is 16.5. The monoisotopic (exact) mass is 272 g/mol. The molecule has 0 fully saturated rings. The number of rotatable bonds is 3. The van der Waals surface area contributed by atoms with E-state index in [4.69, 9.17) is 15.2 Å². The predicted octanol–water partition coefficient (Wildman–Crippen LogP) is 3.76. The summed E-state index contributed by atoms with van der Waals surface area (Å²) in [7, 11) is 1.53. The maximum atomic E-state index is 5.72. The quantitative estimate of drug-likeness (QED) is 0.924. The Morgan fingerprint density at radius 2 is 1.65 bits per heavy atom. The van der Waals surface area contributed by atoms with Gasteiger partial charge in [0.2, 0.25) is 11.8 Å². The first-order valence-electron chi connectivity index (χ1n) is 6.49. The minimum atomic E-state index is 0.126. The Morgan fingerprint density at radius 1 is 1.00 bits per heavy atom. The third-order valence-electron chi connectivity index (χ3n) is 3.00. The number of nitrogen functional groups attached to an aromatic ring is 1. The Hall–Kier alpha value is -2.23. The second-order valence-electron chi connectivity index (χ2n) is 5.62. The summed E-state index contributed by atoms with van der Waals surface area (Å²) in [6, 6.07) is 11.4. The van der Waals surface area contributed by atoms with E-state index in [0.29, 0.717) is 17.4 Å². The second-order valence-corrected chi connectivity index (χ2v) is 5.62. The zero-order valence-corrected chi connectivity index (χ0v) is 12.3. The average Bonchev–Trinajstić information content (AvgIpc) is 2.40. The Bertz CT molecular complexity index is 586. The molecule has 0 aliphatic carbocycles. The maximum absolute atomic E-state index is 5.72. The molecule has 1 heterocycles. The molecule has 0 atom stereocenters. The molecule has 0 bridgehead atoms. The lowest BCUT2D eigenvalue weighted by molar-refractivity contribution is 0.385. The van der Waals surface area contributed by atoms with Gasteiger partial charge in [0.25, 0.3) is 0 Å². The molecular weight excluding hydrogens is 252 g/mol. The Morgan fingerprint density at radius 3 is 2.20 bits per heavy atom. The highest BCUT2D eigenvalue weighted by molar-refractivity contribution is 5.49. The molecule has 2 N–H and O–H groups in total. The van der Waals surface area contributed by atoms with Crippen LogP contribution in [0.2, 0.25) is 0 Å². The number of nitrogens with two attached hydrogens (primary N) is 1. The van der Waals surface area contributed by atoms with Gasteiger partial charge in [-0.25, -0.2) is 0 Å². The SMILES string of the molecule is COc1nc(Oc2ccc(C(C)(C)C)cc2)ccc1N. The summed E-state index contributed by atoms with van der Waals surface area (Å²) in [5, 5.41) is 0. The molecule has 1 aromatic carbocycles. The summed E-state index contributed by atoms with van der Waals surface area (Å²) >= 11 is 0. The largest absolute Gasteiger partial charge is 0.479 e. The lowest BCUT2D eigenvalue weighted by Crippen LogP contribution is -2.10. The topological polar surface area (TPSA) is 57.4 Å². The van der Waals surface area contributed by atoms with Crippen molar-refractivity contribution in [2.24, 2.45) is 0 Å². The van der Waals surface area contributed by atoms with Gasteiger partial charge in [-0.1, -0.05) is 32.9 Å². The van der Waals surface area contributed by atoms with Crippen LogP contribution >= 0.6 is 0 Å². The number of hydrogen-bond acceptors (Lipinski definition) is 4. The van der Waals surface area contributed by atoms with Crippen LogP contribution in [0, 0.1) is 0 Å². The number of ether oxygens (including phenoxy) is 2. The van der Waals surface area contributed by atoms with Crippen molar-refractivity contribution in [2.45, 2.75) is 26.2 Å². The summed E-state index contributed by atoms with van der Waals surface area (Å²) in [6.45, 7) is 6.53. The molecule has 0 unspecified atom stereocenters. The van der Waals surface area contributed by atoms with E-state index in [0.717, 1.165) is 5.75 Å². The van der Waals surface area contributed by atoms with Crippen molar-refractivity contribution in [2.75, 3.05) is 12.8 Å². The van der Waals surface area contributed by atoms with Gasteiger partial charge in [0, 0.05) is 6.07 Å². The number of benzene rings is 1. The standard InChI is InChI=1S/C16H20N2O2/c1-16(2,3)11-5-7-12(8-6-11)20-14-10-9-13(17)15(18-14)19-4/h5-10H,17H2,1-4H3. The third-order valence-corrected chi connectivity index (χ3v) is 3.00. The van der Waals surface area contributed by atoms with E-state index in [1.807, 2.05) is 12.1 Å². The third kappa shape index (κ3) is 3.20. The molecule has 0 saturated heterocycles. The Kier molecular flexibility index (Phi) is 3.84. The highest BCUT2D eigenvalue weighted by Crippen LogP contribution is 2.28. The van der Waals surface area contributed by atoms with Crippen LogP contribution in [-0.4, -0.2) is 12.1 Å². The van der Waals surface area contributed by atoms with Gasteiger partial charge >= 0.3 is 0 Å². The fourth-order valence-electron chi connectivity index (χ4n) is 1.80. The van der Waals surface area contributed by atoms with Gasteiger partial charge in [-0.15, -0.1) is 0 Å². The van der Waals surface area contributed by atoms with E-state index in [2.05, 4.69) is 37.9 Å². The average molecular weight is 272 g/mol. The van der Waals surface area contributed by atoms with Gasteiger partial charge < -0.3 is 15.2 Å². The van der Waals surface area contributed by atoms with Gasteiger partial charge in [0.05, 0.1) is 12.8 Å². The molecule has 4 heteroatoms. The molecule has 4 nitrogen and oxygen atoms in total. The zero-order valence-electron chi connectivity index (χ0n) is 12.3. The molecule has 1 aromatic heterocycles. The summed E-state index contributed by atoms with van der Waals surface area (Å²) in [6.07, 6.45) is 0. The van der Waals surface area contributed by atoms with Gasteiger partial charge in [-0.3, -0.25) is 0 Å². The van der Waals surface area contributed by atoms with E-state index in [-0.39, 0.29) is 5.41 Å². The predicted molar refractivity (Wildman–Crippen MR) is 80.4 cm³/mol. The summed E-state index contributed by atoms with van der Waals surface area (Å²) in [4.78, 5) is 4.19. The Labute approximate surface area is 119 Å². The molecule has 0 aliphatic heterocycles. The summed E-state index contributed by atoms with van der Waals surface area (Å²) < 4.78 is 10.8. The van der Waals surface area contributed by atoms with E-state index in [9.17, 15) is 0 Å². The van der Waals surface area contributed by atoms with Crippen LogP contribution in [0.5, 0.6) is 17.5 Å². The van der Waals surface area contributed by atoms with Crippen molar-refractivity contribution < 1.29 is 9.47 Å². The van der Waals surface area contributed by atoms with Gasteiger partial charge in [0.15, 0.2) is 0 Å². The number of nitrogens with zero attached hydrogens (tertiary/aromatic N) is 1. The lowest BCUT2D eigenvalue weighted by Gasteiger charge is -2.19. The number of hydrogen-bond donors (Lipinski definition) is 1. The molecule has 0 saturated carbocycles. The van der Waals surface area contributed by atoms with Crippen molar-refractivity contribution in [3.63, 3.8) is 0 Å². The van der Waals surface area contributed by atoms with Gasteiger partial charge in [0.1, 0.15) is 5.75 Å². The van der Waals surface area contributed by atoms with E-state index in [1.165, 1.54) is 12.7 Å². The highest BCUT2D eigenvalue weighted by Gasteiger charge is 2.13.